The normalized spacial score (nSPS) is 21.4. The average molecular weight is 440 g/mol. The maximum Gasteiger partial charge on any atom is 0.307 e. The fraction of sp³-hybridized carbons (Fsp3) is 0.524. The van der Waals surface area contributed by atoms with E-state index in [2.05, 4.69) is 25.6 Å². The first-order chi connectivity index (χ1) is 15.6. The number of fused-ring (bicyclic) bond motifs is 1. The molecule has 3 aromatic rings. The Balaban J connectivity index is 1.47. The Morgan fingerprint density at radius 1 is 1.09 bits per heavy atom. The number of nitrogens with one attached hydrogen (secondary N) is 1. The zero-order valence-corrected chi connectivity index (χ0v) is 17.7. The summed E-state index contributed by atoms with van der Waals surface area (Å²) in [6.45, 7) is 3.48. The first kappa shape index (κ1) is 20.4. The molecular weight excluding hydrogens is 416 g/mol. The van der Waals surface area contributed by atoms with E-state index in [-0.39, 0.29) is 30.3 Å². The Morgan fingerprint density at radius 2 is 1.91 bits per heavy atom. The van der Waals surface area contributed by atoms with E-state index < -0.39 is 0 Å². The molecule has 0 amide bonds. The summed E-state index contributed by atoms with van der Waals surface area (Å²) in [5.74, 6) is 0.505. The van der Waals surface area contributed by atoms with Crippen molar-refractivity contribution in [3.63, 3.8) is 0 Å². The third-order valence-corrected chi connectivity index (χ3v) is 5.86. The number of anilines is 1. The molecule has 32 heavy (non-hydrogen) atoms. The number of nitrogens with zero attached hydrogens (tertiary/aromatic N) is 5. The molecular formula is C21H24N6O5. The van der Waals surface area contributed by atoms with Crippen molar-refractivity contribution in [2.45, 2.75) is 51.6 Å². The maximum absolute atomic E-state index is 11.8. The van der Waals surface area contributed by atoms with Gasteiger partial charge in [-0.25, -0.2) is 9.67 Å². The molecule has 0 aliphatic carbocycles. The topological polar surface area (TPSA) is 134 Å². The van der Waals surface area contributed by atoms with Gasteiger partial charge in [-0.1, -0.05) is 0 Å². The van der Waals surface area contributed by atoms with E-state index in [9.17, 15) is 9.59 Å². The number of cyclic esters (lactones) is 2. The maximum atomic E-state index is 11.8. The van der Waals surface area contributed by atoms with Crippen molar-refractivity contribution in [3.05, 3.63) is 18.3 Å². The largest absolute Gasteiger partial charge is 0.466 e. The molecule has 2 fully saturated rings. The highest BCUT2D eigenvalue weighted by atomic mass is 16.5. The lowest BCUT2D eigenvalue weighted by molar-refractivity contribution is -0.149. The van der Waals surface area contributed by atoms with Gasteiger partial charge < -0.3 is 19.2 Å². The monoisotopic (exact) mass is 440 g/mol. The van der Waals surface area contributed by atoms with Crippen LogP contribution >= 0.6 is 0 Å². The molecule has 168 valence electrons. The average Bonchev–Trinajstić information content (AvgIpc) is 3.41. The molecule has 0 spiro atoms. The number of rotatable bonds is 6. The van der Waals surface area contributed by atoms with Crippen molar-refractivity contribution in [2.75, 3.05) is 18.5 Å². The van der Waals surface area contributed by atoms with E-state index in [1.807, 2.05) is 6.92 Å². The lowest BCUT2D eigenvalue weighted by Crippen LogP contribution is -2.31. The number of ether oxygens (including phenoxy) is 2. The van der Waals surface area contributed by atoms with Crippen LogP contribution in [0.2, 0.25) is 0 Å². The van der Waals surface area contributed by atoms with Crippen LogP contribution in [0.5, 0.6) is 0 Å². The SMILES string of the molecule is CCn1ncc2c(NC3CCOC(=O)C3)c(-c3nnc(CC4CCOC(=O)C4)o3)cnc21. The summed E-state index contributed by atoms with van der Waals surface area (Å²) < 4.78 is 17.9. The van der Waals surface area contributed by atoms with E-state index >= 15 is 0 Å². The first-order valence-electron chi connectivity index (χ1n) is 10.9. The van der Waals surface area contributed by atoms with Gasteiger partial charge in [0.1, 0.15) is 0 Å². The number of esters is 2. The van der Waals surface area contributed by atoms with Gasteiger partial charge in [0.15, 0.2) is 5.65 Å². The molecule has 5 rings (SSSR count). The van der Waals surface area contributed by atoms with Crippen LogP contribution in [-0.4, -0.2) is 56.2 Å². The summed E-state index contributed by atoms with van der Waals surface area (Å²) in [7, 11) is 0. The molecule has 2 atom stereocenters. The number of aromatic nitrogens is 5. The highest BCUT2D eigenvalue weighted by Gasteiger charge is 2.26. The highest BCUT2D eigenvalue weighted by Crippen LogP contribution is 2.35. The molecule has 5 heterocycles. The second-order valence-electron chi connectivity index (χ2n) is 8.08. The summed E-state index contributed by atoms with van der Waals surface area (Å²) in [6.07, 6.45) is 6.06. The van der Waals surface area contributed by atoms with Gasteiger partial charge in [0.25, 0.3) is 5.89 Å². The minimum absolute atomic E-state index is 0.0822. The molecule has 0 bridgehead atoms. The Bertz CT molecular complexity index is 1150. The molecule has 3 aromatic heterocycles. The zero-order chi connectivity index (χ0) is 22.1. The third-order valence-electron chi connectivity index (χ3n) is 5.86. The van der Waals surface area contributed by atoms with Crippen LogP contribution in [0.3, 0.4) is 0 Å². The van der Waals surface area contributed by atoms with Gasteiger partial charge in [-0.05, 0) is 19.3 Å². The number of carbonyl (C=O) groups excluding carboxylic acids is 2. The van der Waals surface area contributed by atoms with E-state index in [1.54, 1.807) is 17.1 Å². The second-order valence-corrected chi connectivity index (χ2v) is 8.08. The Labute approximate surface area is 183 Å². The number of hydrogen-bond acceptors (Lipinski definition) is 10. The van der Waals surface area contributed by atoms with Crippen molar-refractivity contribution in [1.29, 1.82) is 0 Å². The summed E-state index contributed by atoms with van der Waals surface area (Å²) >= 11 is 0. The summed E-state index contributed by atoms with van der Waals surface area (Å²) in [6, 6.07) is -0.0822. The van der Waals surface area contributed by atoms with Crippen LogP contribution in [0.15, 0.2) is 16.8 Å². The van der Waals surface area contributed by atoms with Crippen LogP contribution in [0.25, 0.3) is 22.5 Å². The van der Waals surface area contributed by atoms with E-state index in [0.717, 1.165) is 23.1 Å². The predicted octanol–water partition coefficient (Wildman–Crippen LogP) is 2.11. The van der Waals surface area contributed by atoms with Gasteiger partial charge in [-0.3, -0.25) is 9.59 Å². The quantitative estimate of drug-likeness (QED) is 0.568. The molecule has 0 saturated carbocycles. The minimum atomic E-state index is -0.226. The molecule has 2 saturated heterocycles. The van der Waals surface area contributed by atoms with Gasteiger partial charge in [-0.2, -0.15) is 5.10 Å². The Hall–Kier alpha value is -3.50. The standard InChI is InChI=1S/C21H24N6O5/c1-2-27-20-14(11-23-27)19(24-13-4-6-31-18(29)9-13)15(10-22-20)21-26-25-16(32-21)7-12-3-5-30-17(28)8-12/h10-13H,2-9H2,1H3,(H,22,24). The molecule has 0 aromatic carbocycles. The van der Waals surface area contributed by atoms with E-state index in [4.69, 9.17) is 13.9 Å². The molecule has 11 nitrogen and oxygen atoms in total. The molecule has 2 aliphatic rings. The number of pyridine rings is 1. The molecule has 1 N–H and O–H groups in total. The molecule has 11 heteroatoms. The summed E-state index contributed by atoms with van der Waals surface area (Å²) in [5, 5.41) is 17.1. The van der Waals surface area contributed by atoms with Crippen LogP contribution in [0, 0.1) is 5.92 Å². The minimum Gasteiger partial charge on any atom is -0.466 e. The first-order valence-corrected chi connectivity index (χ1v) is 10.9. The predicted molar refractivity (Wildman–Crippen MR) is 111 cm³/mol. The van der Waals surface area contributed by atoms with Gasteiger partial charge in [-0.15, -0.1) is 10.2 Å². The number of aryl methyl sites for hydroxylation is 1. The second kappa shape index (κ2) is 8.56. The lowest BCUT2D eigenvalue weighted by Gasteiger charge is -2.24. The zero-order valence-electron chi connectivity index (χ0n) is 17.7. The summed E-state index contributed by atoms with van der Waals surface area (Å²) in [5.41, 5.74) is 2.14. The van der Waals surface area contributed by atoms with Gasteiger partial charge >= 0.3 is 11.9 Å². The van der Waals surface area contributed by atoms with Crippen molar-refractivity contribution >= 4 is 28.7 Å². The third kappa shape index (κ3) is 4.02. The van der Waals surface area contributed by atoms with Crippen LogP contribution < -0.4 is 5.32 Å². The van der Waals surface area contributed by atoms with Crippen LogP contribution in [-0.2, 0) is 32.0 Å². The Kier molecular flexibility index (Phi) is 5.46. The van der Waals surface area contributed by atoms with Gasteiger partial charge in [0, 0.05) is 38.0 Å². The van der Waals surface area contributed by atoms with Gasteiger partial charge in [0.05, 0.1) is 42.5 Å². The van der Waals surface area contributed by atoms with Gasteiger partial charge in [0.2, 0.25) is 5.89 Å². The van der Waals surface area contributed by atoms with E-state index in [1.165, 1.54) is 0 Å². The number of hydrogen-bond donors (Lipinski definition) is 1. The number of carbonyl (C=O) groups is 2. The Morgan fingerprint density at radius 3 is 2.69 bits per heavy atom. The van der Waals surface area contributed by atoms with Crippen molar-refractivity contribution in [2.24, 2.45) is 5.92 Å². The lowest BCUT2D eigenvalue weighted by atomic mass is 9.96. The van der Waals surface area contributed by atoms with Crippen molar-refractivity contribution in [3.8, 4) is 11.5 Å². The van der Waals surface area contributed by atoms with Crippen LogP contribution in [0.4, 0.5) is 5.69 Å². The van der Waals surface area contributed by atoms with Crippen molar-refractivity contribution in [1.82, 2.24) is 25.0 Å². The molecule has 2 aliphatic heterocycles. The molecule has 2 unspecified atom stereocenters. The fourth-order valence-corrected chi connectivity index (χ4v) is 4.18. The van der Waals surface area contributed by atoms with Crippen LogP contribution in [0.1, 0.15) is 38.5 Å². The van der Waals surface area contributed by atoms with Crippen molar-refractivity contribution < 1.29 is 23.5 Å². The van der Waals surface area contributed by atoms with E-state index in [0.29, 0.717) is 56.4 Å². The molecule has 0 radical (unpaired) electrons. The smallest absolute Gasteiger partial charge is 0.307 e. The summed E-state index contributed by atoms with van der Waals surface area (Å²) in [4.78, 5) is 27.9. The fourth-order valence-electron chi connectivity index (χ4n) is 4.18. The highest BCUT2D eigenvalue weighted by molar-refractivity contribution is 5.96.